The van der Waals surface area contributed by atoms with Crippen LogP contribution >= 0.6 is 11.3 Å². The van der Waals surface area contributed by atoms with E-state index in [4.69, 9.17) is 0 Å². The lowest BCUT2D eigenvalue weighted by atomic mass is 9.82. The fourth-order valence-electron chi connectivity index (χ4n) is 5.28. The molecule has 1 aliphatic carbocycles. The molecule has 2 aliphatic rings. The monoisotopic (exact) mass is 550 g/mol. The molecule has 9 nitrogen and oxygen atoms in total. The maximum Gasteiger partial charge on any atom is 0.348 e. The first-order valence-corrected chi connectivity index (χ1v) is 15.2. The van der Waals surface area contributed by atoms with Gasteiger partial charge in [0.25, 0.3) is 10.0 Å². The third-order valence-electron chi connectivity index (χ3n) is 7.58. The smallest absolute Gasteiger partial charge is 0.348 e. The fourth-order valence-corrected chi connectivity index (χ4v) is 7.76. The molecule has 0 atom stereocenters. The van der Waals surface area contributed by atoms with Gasteiger partial charge in [0, 0.05) is 43.2 Å². The number of carbonyl (C=O) groups is 2. The van der Waals surface area contributed by atoms with Gasteiger partial charge < -0.3 is 14.6 Å². The molecule has 2 aromatic heterocycles. The van der Waals surface area contributed by atoms with Gasteiger partial charge in [0.1, 0.15) is 4.88 Å². The zero-order valence-electron chi connectivity index (χ0n) is 22.3. The van der Waals surface area contributed by atoms with Crippen molar-refractivity contribution >= 4 is 38.9 Å². The van der Waals surface area contributed by atoms with Crippen LogP contribution in [-0.2, 0) is 27.3 Å². The minimum atomic E-state index is -3.73. The molecule has 1 aliphatic heterocycles. The highest BCUT2D eigenvalue weighted by Gasteiger charge is 2.40. The number of aromatic carboxylic acids is 1. The summed E-state index contributed by atoms with van der Waals surface area (Å²) in [5, 5.41) is 10.1. The van der Waals surface area contributed by atoms with Gasteiger partial charge in [-0.1, -0.05) is 27.7 Å². The Labute approximate surface area is 223 Å². The molecule has 37 heavy (non-hydrogen) atoms. The molecule has 1 N–H and O–H groups in total. The summed E-state index contributed by atoms with van der Waals surface area (Å²) < 4.78 is 29.2. The molecule has 1 amide bonds. The van der Waals surface area contributed by atoms with Gasteiger partial charge in [0.05, 0.1) is 12.0 Å². The molecule has 4 rings (SSSR count). The van der Waals surface area contributed by atoms with Crippen LogP contribution in [0, 0.1) is 11.8 Å². The minimum Gasteiger partial charge on any atom is -0.477 e. The molecule has 2 fully saturated rings. The van der Waals surface area contributed by atoms with Crippen LogP contribution in [0.2, 0.25) is 0 Å². The largest absolute Gasteiger partial charge is 0.477 e. The molecular weight excluding hydrogens is 512 g/mol. The van der Waals surface area contributed by atoms with Gasteiger partial charge in [-0.05, 0) is 55.9 Å². The zero-order valence-corrected chi connectivity index (χ0v) is 23.9. The number of aromatic nitrogens is 2. The number of hydrogen-bond acceptors (Lipinski definition) is 6. The number of hydrogen-bond donors (Lipinski definition) is 1. The number of carbonyl (C=O) groups excluding carboxylic acids is 1. The van der Waals surface area contributed by atoms with Crippen molar-refractivity contribution in [3.63, 3.8) is 0 Å². The molecule has 0 unspecified atom stereocenters. The second-order valence-corrected chi connectivity index (χ2v) is 14.5. The summed E-state index contributed by atoms with van der Waals surface area (Å²) in [6, 6.07) is 1.59. The van der Waals surface area contributed by atoms with Crippen molar-refractivity contribution < 1.29 is 23.1 Å². The summed E-state index contributed by atoms with van der Waals surface area (Å²) in [6.45, 7) is 8.78. The third-order valence-corrected chi connectivity index (χ3v) is 10.9. The van der Waals surface area contributed by atoms with Crippen LogP contribution in [0.15, 0.2) is 23.6 Å². The zero-order chi connectivity index (χ0) is 27.1. The highest BCUT2D eigenvalue weighted by atomic mass is 32.2. The molecule has 0 radical (unpaired) electrons. The molecule has 0 bridgehead atoms. The van der Waals surface area contributed by atoms with E-state index in [9.17, 15) is 23.1 Å². The van der Waals surface area contributed by atoms with E-state index in [-0.39, 0.29) is 46.3 Å². The number of anilines is 1. The average Bonchev–Trinajstić information content (AvgIpc) is 3.47. The molecule has 3 heterocycles. The molecule has 1 saturated heterocycles. The van der Waals surface area contributed by atoms with Gasteiger partial charge in [-0.3, -0.25) is 4.79 Å². The third kappa shape index (κ3) is 5.78. The lowest BCUT2D eigenvalue weighted by Crippen LogP contribution is -2.51. The second kappa shape index (κ2) is 10.5. The van der Waals surface area contributed by atoms with Crippen molar-refractivity contribution in [2.24, 2.45) is 18.9 Å². The first-order chi connectivity index (χ1) is 17.3. The Morgan fingerprint density at radius 2 is 1.73 bits per heavy atom. The van der Waals surface area contributed by atoms with Crippen molar-refractivity contribution in [1.82, 2.24) is 13.9 Å². The van der Waals surface area contributed by atoms with Crippen molar-refractivity contribution in [3.05, 3.63) is 28.3 Å². The lowest BCUT2D eigenvalue weighted by molar-refractivity contribution is -0.124. The normalized spacial score (nSPS) is 22.2. The van der Waals surface area contributed by atoms with E-state index in [2.05, 4.69) is 11.9 Å². The number of rotatable bonds is 6. The standard InChI is InChI=1S/C26H38N4O5S2/c1-17-6-8-18(9-7-17)24(31)30(20-14-21(26(2,3)4)36-23(20)25(32)33)19-10-12-29(13-11-19)37(34,35)22-15-28(5)16-27-22/h14-19H,6-13H2,1-5H3,(H,32,33)/t17-,18-. The Hall–Kier alpha value is -2.24. The van der Waals surface area contributed by atoms with Gasteiger partial charge in [0.15, 0.2) is 5.03 Å². The summed E-state index contributed by atoms with van der Waals surface area (Å²) in [7, 11) is -2.01. The number of piperidine rings is 1. The topological polar surface area (TPSA) is 113 Å². The Balaban J connectivity index is 1.65. The van der Waals surface area contributed by atoms with Crippen LogP contribution in [0.4, 0.5) is 5.69 Å². The van der Waals surface area contributed by atoms with E-state index in [1.165, 1.54) is 28.2 Å². The maximum atomic E-state index is 14.0. The van der Waals surface area contributed by atoms with Gasteiger partial charge in [0.2, 0.25) is 5.91 Å². The molecule has 204 valence electrons. The maximum absolute atomic E-state index is 14.0. The van der Waals surface area contributed by atoms with E-state index in [0.717, 1.165) is 30.6 Å². The van der Waals surface area contributed by atoms with Gasteiger partial charge >= 0.3 is 5.97 Å². The number of sulfonamides is 1. The first kappa shape index (κ1) is 27.8. The summed E-state index contributed by atoms with van der Waals surface area (Å²) in [5.41, 5.74) is 0.194. The van der Waals surface area contributed by atoms with Crippen LogP contribution in [0.25, 0.3) is 0 Å². The molecule has 0 spiro atoms. The van der Waals surface area contributed by atoms with Crippen molar-refractivity contribution in [3.8, 4) is 0 Å². The molecular formula is C26H38N4O5S2. The number of aryl methyl sites for hydroxylation is 1. The van der Waals surface area contributed by atoms with Crippen molar-refractivity contribution in [2.75, 3.05) is 18.0 Å². The summed E-state index contributed by atoms with van der Waals surface area (Å²) in [6.07, 6.45) is 7.36. The van der Waals surface area contributed by atoms with Crippen LogP contribution in [0.5, 0.6) is 0 Å². The molecule has 0 aromatic carbocycles. The van der Waals surface area contributed by atoms with E-state index >= 15 is 0 Å². The summed E-state index contributed by atoms with van der Waals surface area (Å²) in [5.74, 6) is -0.633. The fraction of sp³-hybridized carbons (Fsp3) is 0.654. The Morgan fingerprint density at radius 3 is 2.24 bits per heavy atom. The number of nitrogens with zero attached hydrogens (tertiary/aromatic N) is 4. The van der Waals surface area contributed by atoms with Crippen LogP contribution in [0.3, 0.4) is 0 Å². The highest BCUT2D eigenvalue weighted by Crippen LogP contribution is 2.41. The quantitative estimate of drug-likeness (QED) is 0.567. The van der Waals surface area contributed by atoms with E-state index in [1.807, 2.05) is 26.8 Å². The molecule has 11 heteroatoms. The second-order valence-electron chi connectivity index (χ2n) is 11.6. The number of thiophene rings is 1. The van der Waals surface area contributed by atoms with Crippen LogP contribution in [0.1, 0.15) is 80.8 Å². The minimum absolute atomic E-state index is 0.0125. The lowest BCUT2D eigenvalue weighted by Gasteiger charge is -2.40. The summed E-state index contributed by atoms with van der Waals surface area (Å²) in [4.78, 5) is 33.2. The Kier molecular flexibility index (Phi) is 7.88. The highest BCUT2D eigenvalue weighted by molar-refractivity contribution is 7.89. The Morgan fingerprint density at radius 1 is 1.11 bits per heavy atom. The number of imidazole rings is 1. The number of amides is 1. The van der Waals surface area contributed by atoms with Crippen molar-refractivity contribution in [1.29, 1.82) is 0 Å². The van der Waals surface area contributed by atoms with E-state index in [0.29, 0.717) is 24.4 Å². The Bertz CT molecular complexity index is 1240. The van der Waals surface area contributed by atoms with Gasteiger partial charge in [-0.15, -0.1) is 11.3 Å². The predicted octanol–water partition coefficient (Wildman–Crippen LogP) is 4.49. The molecule has 1 saturated carbocycles. The van der Waals surface area contributed by atoms with Crippen LogP contribution < -0.4 is 4.90 Å². The van der Waals surface area contributed by atoms with E-state index in [1.54, 1.807) is 16.5 Å². The SMILES string of the molecule is Cn1cnc(S(=O)(=O)N2CCC(N(c3cc(C(C)(C)C)sc3C(=O)O)C(=O)[C@H]3CC[C@H](C)CC3)CC2)c1. The van der Waals surface area contributed by atoms with Gasteiger partial charge in [-0.2, -0.15) is 4.31 Å². The van der Waals surface area contributed by atoms with Crippen LogP contribution in [-0.4, -0.2) is 58.4 Å². The first-order valence-electron chi connectivity index (χ1n) is 13.0. The summed E-state index contributed by atoms with van der Waals surface area (Å²) >= 11 is 1.23. The predicted molar refractivity (Wildman–Crippen MR) is 144 cm³/mol. The number of carboxylic acids is 1. The van der Waals surface area contributed by atoms with Crippen molar-refractivity contribution in [2.45, 2.75) is 82.7 Å². The van der Waals surface area contributed by atoms with Gasteiger partial charge in [-0.25, -0.2) is 18.2 Å². The number of carboxylic acid groups (broad SMARTS) is 1. The molecule has 2 aromatic rings. The average molecular weight is 551 g/mol. The van der Waals surface area contributed by atoms with E-state index < -0.39 is 16.0 Å².